The second kappa shape index (κ2) is 7.61. The lowest BCUT2D eigenvalue weighted by atomic mass is 10.0. The van der Waals surface area contributed by atoms with Crippen LogP contribution in [0.5, 0.6) is 0 Å². The Morgan fingerprint density at radius 1 is 1.12 bits per heavy atom. The molecule has 0 spiro atoms. The van der Waals surface area contributed by atoms with Gasteiger partial charge in [-0.05, 0) is 31.5 Å². The minimum absolute atomic E-state index is 0.278. The lowest BCUT2D eigenvalue weighted by Crippen LogP contribution is -2.38. The Hall–Kier alpha value is -3.15. The zero-order valence-corrected chi connectivity index (χ0v) is 14.2. The number of amides is 2. The normalized spacial score (nSPS) is 11.8. The molecule has 1 aromatic carbocycles. The molecule has 0 aliphatic heterocycles. The van der Waals surface area contributed by atoms with Crippen molar-refractivity contribution in [3.8, 4) is 0 Å². The van der Waals surface area contributed by atoms with E-state index < -0.39 is 0 Å². The molecule has 0 aliphatic rings. The number of carbonyl (C=O) groups is 1. The van der Waals surface area contributed by atoms with Crippen LogP contribution in [0.2, 0.25) is 0 Å². The number of hydrogen-bond acceptors (Lipinski definition) is 4. The number of nitrogens with one attached hydrogen (secondary N) is 2. The van der Waals surface area contributed by atoms with Crippen LogP contribution in [-0.2, 0) is 6.54 Å². The summed E-state index contributed by atoms with van der Waals surface area (Å²) in [5, 5.41) is 9.74. The first-order chi connectivity index (χ1) is 12.1. The molecule has 0 saturated carbocycles. The van der Waals surface area contributed by atoms with Gasteiger partial charge < -0.3 is 15.2 Å². The fourth-order valence-electron chi connectivity index (χ4n) is 2.63. The summed E-state index contributed by atoms with van der Waals surface area (Å²) in [6, 6.07) is 14.8. The van der Waals surface area contributed by atoms with Crippen molar-refractivity contribution in [1.29, 1.82) is 0 Å². The first-order valence-corrected chi connectivity index (χ1v) is 8.07. The molecule has 2 amide bonds. The van der Waals surface area contributed by atoms with Crippen LogP contribution in [0.1, 0.15) is 34.3 Å². The molecule has 6 nitrogen and oxygen atoms in total. The monoisotopic (exact) mass is 336 g/mol. The lowest BCUT2D eigenvalue weighted by Gasteiger charge is -2.19. The summed E-state index contributed by atoms with van der Waals surface area (Å²) in [4.78, 5) is 16.8. The first-order valence-electron chi connectivity index (χ1n) is 8.07. The van der Waals surface area contributed by atoms with Crippen molar-refractivity contribution >= 4 is 6.03 Å². The molecule has 25 heavy (non-hydrogen) atoms. The Morgan fingerprint density at radius 2 is 1.88 bits per heavy atom. The zero-order valence-electron chi connectivity index (χ0n) is 14.2. The highest BCUT2D eigenvalue weighted by molar-refractivity contribution is 5.75. The zero-order chi connectivity index (χ0) is 17.6. The van der Waals surface area contributed by atoms with E-state index in [1.165, 1.54) is 0 Å². The number of aromatic nitrogens is 2. The number of benzene rings is 1. The first kappa shape index (κ1) is 16.7. The van der Waals surface area contributed by atoms with E-state index in [9.17, 15) is 4.79 Å². The number of carbonyl (C=O) groups excluding carboxylic acids is 1. The van der Waals surface area contributed by atoms with Crippen LogP contribution in [0, 0.1) is 13.8 Å². The molecule has 0 radical (unpaired) electrons. The van der Waals surface area contributed by atoms with Crippen molar-refractivity contribution in [2.45, 2.75) is 26.4 Å². The summed E-state index contributed by atoms with van der Waals surface area (Å²) in [7, 11) is 0. The van der Waals surface area contributed by atoms with Crippen LogP contribution in [0.4, 0.5) is 4.79 Å². The fraction of sp³-hybridized carbons (Fsp3) is 0.211. The Morgan fingerprint density at radius 3 is 2.52 bits per heavy atom. The van der Waals surface area contributed by atoms with E-state index in [1.807, 2.05) is 62.4 Å². The van der Waals surface area contributed by atoms with Crippen molar-refractivity contribution < 1.29 is 9.32 Å². The molecule has 1 atom stereocenters. The van der Waals surface area contributed by atoms with Gasteiger partial charge in [-0.25, -0.2) is 4.79 Å². The van der Waals surface area contributed by atoms with E-state index in [4.69, 9.17) is 4.52 Å². The van der Waals surface area contributed by atoms with Gasteiger partial charge in [0.1, 0.15) is 5.76 Å². The van der Waals surface area contributed by atoms with Crippen LogP contribution < -0.4 is 10.6 Å². The van der Waals surface area contributed by atoms with Gasteiger partial charge in [-0.1, -0.05) is 41.6 Å². The van der Waals surface area contributed by atoms with E-state index in [2.05, 4.69) is 20.8 Å². The summed E-state index contributed by atoms with van der Waals surface area (Å²) >= 11 is 0. The minimum atomic E-state index is -0.327. The second-order valence-electron chi connectivity index (χ2n) is 5.73. The van der Waals surface area contributed by atoms with E-state index in [0.29, 0.717) is 12.3 Å². The van der Waals surface area contributed by atoms with Crippen molar-refractivity contribution in [2.75, 3.05) is 0 Å². The number of rotatable bonds is 5. The maximum atomic E-state index is 12.4. The van der Waals surface area contributed by atoms with Gasteiger partial charge in [0.2, 0.25) is 0 Å². The van der Waals surface area contributed by atoms with Gasteiger partial charge in [0.15, 0.2) is 0 Å². The van der Waals surface area contributed by atoms with Gasteiger partial charge in [-0.3, -0.25) is 4.98 Å². The van der Waals surface area contributed by atoms with Gasteiger partial charge in [-0.15, -0.1) is 0 Å². The molecular weight excluding hydrogens is 316 g/mol. The summed E-state index contributed by atoms with van der Waals surface area (Å²) in [5.41, 5.74) is 3.42. The summed E-state index contributed by atoms with van der Waals surface area (Å²) in [6.07, 6.45) is 1.72. The molecule has 2 heterocycles. The van der Waals surface area contributed by atoms with Crippen LogP contribution in [-0.4, -0.2) is 16.2 Å². The molecule has 2 N–H and O–H groups in total. The topological polar surface area (TPSA) is 80.0 Å². The summed E-state index contributed by atoms with van der Waals surface area (Å²) in [5.74, 6) is 0.710. The van der Waals surface area contributed by atoms with Crippen molar-refractivity contribution in [1.82, 2.24) is 20.8 Å². The minimum Gasteiger partial charge on any atom is -0.361 e. The van der Waals surface area contributed by atoms with Gasteiger partial charge in [0.05, 0.1) is 17.4 Å². The van der Waals surface area contributed by atoms with E-state index in [1.54, 1.807) is 6.20 Å². The molecule has 0 bridgehead atoms. The van der Waals surface area contributed by atoms with Gasteiger partial charge in [0, 0.05) is 18.3 Å². The van der Waals surface area contributed by atoms with E-state index >= 15 is 0 Å². The summed E-state index contributed by atoms with van der Waals surface area (Å²) < 4.78 is 5.12. The van der Waals surface area contributed by atoms with Gasteiger partial charge in [-0.2, -0.15) is 0 Å². The third-order valence-corrected chi connectivity index (χ3v) is 4.00. The quantitative estimate of drug-likeness (QED) is 0.749. The van der Waals surface area contributed by atoms with Crippen molar-refractivity contribution in [3.63, 3.8) is 0 Å². The van der Waals surface area contributed by atoms with Crippen LogP contribution in [0.3, 0.4) is 0 Å². The standard InChI is InChI=1S/C19H20N4O2/c1-13-16(14(2)25-23-13)12-21-19(24)22-18(15-8-4-3-5-9-15)17-10-6-7-11-20-17/h3-11,18H,12H2,1-2H3,(H2,21,22,24)/t18-/m0/s1. The highest BCUT2D eigenvalue weighted by atomic mass is 16.5. The fourth-order valence-corrected chi connectivity index (χ4v) is 2.63. The Bertz CT molecular complexity index is 772. The number of pyridine rings is 1. The Balaban J connectivity index is 1.73. The van der Waals surface area contributed by atoms with Crippen LogP contribution >= 0.6 is 0 Å². The molecule has 0 aliphatic carbocycles. The average molecular weight is 336 g/mol. The Kier molecular flexibility index (Phi) is 5.09. The molecule has 6 heteroatoms. The maximum Gasteiger partial charge on any atom is 0.315 e. The highest BCUT2D eigenvalue weighted by Gasteiger charge is 2.18. The number of nitrogens with zero attached hydrogens (tertiary/aromatic N) is 2. The molecule has 0 unspecified atom stereocenters. The van der Waals surface area contributed by atoms with Crippen LogP contribution in [0.15, 0.2) is 59.3 Å². The SMILES string of the molecule is Cc1noc(C)c1CNC(=O)N[C@@H](c1ccccc1)c1ccccn1. The Labute approximate surface area is 146 Å². The van der Waals surface area contributed by atoms with Crippen molar-refractivity contribution in [3.05, 3.63) is 83.0 Å². The molecular formula is C19H20N4O2. The molecule has 3 aromatic rings. The largest absolute Gasteiger partial charge is 0.361 e. The van der Waals surface area contributed by atoms with Crippen LogP contribution in [0.25, 0.3) is 0 Å². The number of hydrogen-bond donors (Lipinski definition) is 2. The number of urea groups is 1. The third kappa shape index (κ3) is 4.03. The lowest BCUT2D eigenvalue weighted by molar-refractivity contribution is 0.238. The average Bonchev–Trinajstić information content (AvgIpc) is 2.97. The van der Waals surface area contributed by atoms with Gasteiger partial charge >= 0.3 is 6.03 Å². The molecule has 0 saturated heterocycles. The number of aryl methyl sites for hydroxylation is 2. The predicted octanol–water partition coefficient (Wildman–Crippen LogP) is 3.28. The molecule has 128 valence electrons. The predicted molar refractivity (Wildman–Crippen MR) is 93.9 cm³/mol. The van der Waals surface area contributed by atoms with E-state index in [-0.39, 0.29) is 12.1 Å². The smallest absolute Gasteiger partial charge is 0.315 e. The third-order valence-electron chi connectivity index (χ3n) is 4.00. The summed E-state index contributed by atoms with van der Waals surface area (Å²) in [6.45, 7) is 4.04. The molecule has 2 aromatic heterocycles. The molecule has 3 rings (SSSR count). The van der Waals surface area contributed by atoms with E-state index in [0.717, 1.165) is 22.5 Å². The molecule has 0 fully saturated rings. The van der Waals surface area contributed by atoms with Gasteiger partial charge in [0.25, 0.3) is 0 Å². The maximum absolute atomic E-state index is 12.4. The van der Waals surface area contributed by atoms with Crippen molar-refractivity contribution in [2.24, 2.45) is 0 Å². The second-order valence-corrected chi connectivity index (χ2v) is 5.73. The highest BCUT2D eigenvalue weighted by Crippen LogP contribution is 2.20.